The van der Waals surface area contributed by atoms with Gasteiger partial charge in [0.15, 0.2) is 5.82 Å². The number of nitrogens with one attached hydrogen (secondary N) is 1. The summed E-state index contributed by atoms with van der Waals surface area (Å²) in [5, 5.41) is 15.1. The number of tetrazole rings is 1. The Kier molecular flexibility index (Phi) is 4.35. The van der Waals surface area contributed by atoms with E-state index in [1.807, 2.05) is 13.1 Å². The van der Waals surface area contributed by atoms with Crippen LogP contribution in [0.15, 0.2) is 24.3 Å². The largest absolute Gasteiger partial charge is 0.318 e. The van der Waals surface area contributed by atoms with Gasteiger partial charge in [0.2, 0.25) is 0 Å². The van der Waals surface area contributed by atoms with Gasteiger partial charge in [-0.3, -0.25) is 0 Å². The summed E-state index contributed by atoms with van der Waals surface area (Å²) in [6.07, 6.45) is 1.19. The minimum atomic E-state index is -0.180. The van der Waals surface area contributed by atoms with Crippen LogP contribution in [0.4, 0.5) is 4.39 Å². The normalized spacial score (nSPS) is 10.8. The zero-order chi connectivity index (χ0) is 12.8. The molecule has 1 heterocycles. The lowest BCUT2D eigenvalue weighted by Gasteiger charge is -1.99. The van der Waals surface area contributed by atoms with Crippen LogP contribution in [0, 0.1) is 5.82 Å². The SMILES string of the molecule is CNCCn1nnc(CCc2ccccc2F)n1. The fourth-order valence-corrected chi connectivity index (χ4v) is 1.63. The van der Waals surface area contributed by atoms with E-state index in [9.17, 15) is 4.39 Å². The molecule has 5 nitrogen and oxygen atoms in total. The molecular formula is C12H16FN5. The smallest absolute Gasteiger partial charge is 0.175 e. The highest BCUT2D eigenvalue weighted by Gasteiger charge is 2.05. The minimum Gasteiger partial charge on any atom is -0.318 e. The third-order valence-corrected chi connectivity index (χ3v) is 2.63. The van der Waals surface area contributed by atoms with Gasteiger partial charge in [0.25, 0.3) is 0 Å². The number of nitrogens with zero attached hydrogens (tertiary/aromatic N) is 4. The van der Waals surface area contributed by atoms with Crippen molar-refractivity contribution in [2.45, 2.75) is 19.4 Å². The minimum absolute atomic E-state index is 0.180. The Morgan fingerprint density at radius 1 is 1.28 bits per heavy atom. The van der Waals surface area contributed by atoms with E-state index in [2.05, 4.69) is 20.7 Å². The summed E-state index contributed by atoms with van der Waals surface area (Å²) in [5.74, 6) is 0.467. The molecule has 6 heteroatoms. The number of aromatic nitrogens is 4. The molecule has 0 amide bonds. The maximum Gasteiger partial charge on any atom is 0.175 e. The third-order valence-electron chi connectivity index (χ3n) is 2.63. The Hall–Kier alpha value is -1.82. The summed E-state index contributed by atoms with van der Waals surface area (Å²) < 4.78 is 13.4. The molecule has 0 saturated carbocycles. The van der Waals surface area contributed by atoms with Crippen molar-refractivity contribution in [3.8, 4) is 0 Å². The van der Waals surface area contributed by atoms with Gasteiger partial charge in [-0.05, 0) is 30.3 Å². The maximum atomic E-state index is 13.4. The molecular weight excluding hydrogens is 233 g/mol. The van der Waals surface area contributed by atoms with Crippen LogP contribution in [0.5, 0.6) is 0 Å². The molecule has 1 N–H and O–H groups in total. The molecule has 2 rings (SSSR count). The zero-order valence-corrected chi connectivity index (χ0v) is 10.3. The van der Waals surface area contributed by atoms with Gasteiger partial charge >= 0.3 is 0 Å². The van der Waals surface area contributed by atoms with Crippen LogP contribution < -0.4 is 5.32 Å². The summed E-state index contributed by atoms with van der Waals surface area (Å²) in [5.41, 5.74) is 0.684. The first-order chi connectivity index (χ1) is 8.79. The molecule has 1 aromatic carbocycles. The van der Waals surface area contributed by atoms with E-state index in [1.165, 1.54) is 6.07 Å². The van der Waals surface area contributed by atoms with Gasteiger partial charge in [0.1, 0.15) is 5.82 Å². The van der Waals surface area contributed by atoms with Crippen LogP contribution >= 0.6 is 0 Å². The van der Waals surface area contributed by atoms with Gasteiger partial charge in [0.05, 0.1) is 6.54 Å². The molecule has 0 spiro atoms. The van der Waals surface area contributed by atoms with Crippen molar-refractivity contribution in [2.24, 2.45) is 0 Å². The summed E-state index contributed by atoms with van der Waals surface area (Å²) in [6.45, 7) is 1.48. The van der Waals surface area contributed by atoms with Crippen LogP contribution in [0.3, 0.4) is 0 Å². The summed E-state index contributed by atoms with van der Waals surface area (Å²) >= 11 is 0. The molecule has 0 fully saturated rings. The van der Waals surface area contributed by atoms with E-state index >= 15 is 0 Å². The summed E-state index contributed by atoms with van der Waals surface area (Å²) in [6, 6.07) is 6.76. The van der Waals surface area contributed by atoms with Gasteiger partial charge in [-0.15, -0.1) is 10.2 Å². The van der Waals surface area contributed by atoms with Crippen LogP contribution in [0.25, 0.3) is 0 Å². The number of halogens is 1. The van der Waals surface area contributed by atoms with Crippen molar-refractivity contribution in [3.05, 3.63) is 41.5 Å². The number of likely N-dealkylation sites (N-methyl/N-ethyl adjacent to an activating group) is 1. The van der Waals surface area contributed by atoms with E-state index in [-0.39, 0.29) is 5.82 Å². The van der Waals surface area contributed by atoms with E-state index in [0.29, 0.717) is 30.8 Å². The second-order valence-electron chi connectivity index (χ2n) is 4.00. The highest BCUT2D eigenvalue weighted by Crippen LogP contribution is 2.08. The molecule has 96 valence electrons. The van der Waals surface area contributed by atoms with Crippen LogP contribution in [-0.2, 0) is 19.4 Å². The van der Waals surface area contributed by atoms with Crippen molar-refractivity contribution >= 4 is 0 Å². The van der Waals surface area contributed by atoms with Crippen molar-refractivity contribution in [1.29, 1.82) is 0 Å². The first-order valence-corrected chi connectivity index (χ1v) is 5.94. The molecule has 0 unspecified atom stereocenters. The Bertz CT molecular complexity index is 497. The van der Waals surface area contributed by atoms with Gasteiger partial charge in [-0.2, -0.15) is 4.80 Å². The number of benzene rings is 1. The molecule has 0 aliphatic heterocycles. The van der Waals surface area contributed by atoms with Crippen LogP contribution in [-0.4, -0.2) is 33.8 Å². The molecule has 0 bridgehead atoms. The average Bonchev–Trinajstić information content (AvgIpc) is 2.83. The van der Waals surface area contributed by atoms with E-state index in [0.717, 1.165) is 6.54 Å². The molecule has 0 aliphatic carbocycles. The Morgan fingerprint density at radius 3 is 2.89 bits per heavy atom. The van der Waals surface area contributed by atoms with Crippen LogP contribution in [0.2, 0.25) is 0 Å². The van der Waals surface area contributed by atoms with Crippen molar-refractivity contribution < 1.29 is 4.39 Å². The lowest BCUT2D eigenvalue weighted by atomic mass is 10.1. The molecule has 2 aromatic rings. The first-order valence-electron chi connectivity index (χ1n) is 5.94. The van der Waals surface area contributed by atoms with E-state index in [4.69, 9.17) is 0 Å². The number of aryl methyl sites for hydroxylation is 2. The fraction of sp³-hybridized carbons (Fsp3) is 0.417. The second kappa shape index (κ2) is 6.20. The number of hydrogen-bond donors (Lipinski definition) is 1. The van der Waals surface area contributed by atoms with E-state index in [1.54, 1.807) is 16.9 Å². The molecule has 0 radical (unpaired) electrons. The maximum absolute atomic E-state index is 13.4. The summed E-state index contributed by atoms with van der Waals surface area (Å²) in [4.78, 5) is 1.55. The number of hydrogen-bond acceptors (Lipinski definition) is 4. The van der Waals surface area contributed by atoms with Crippen molar-refractivity contribution in [1.82, 2.24) is 25.5 Å². The number of rotatable bonds is 6. The molecule has 18 heavy (non-hydrogen) atoms. The fourth-order valence-electron chi connectivity index (χ4n) is 1.63. The lowest BCUT2D eigenvalue weighted by molar-refractivity contribution is 0.505. The van der Waals surface area contributed by atoms with Crippen molar-refractivity contribution in [3.63, 3.8) is 0 Å². The van der Waals surface area contributed by atoms with E-state index < -0.39 is 0 Å². The quantitative estimate of drug-likeness (QED) is 0.823. The second-order valence-corrected chi connectivity index (χ2v) is 4.00. The Labute approximate surface area is 105 Å². The molecule has 0 saturated heterocycles. The van der Waals surface area contributed by atoms with Crippen LogP contribution in [0.1, 0.15) is 11.4 Å². The van der Waals surface area contributed by atoms with Gasteiger partial charge in [0, 0.05) is 13.0 Å². The average molecular weight is 249 g/mol. The molecule has 1 aromatic heterocycles. The van der Waals surface area contributed by atoms with Gasteiger partial charge < -0.3 is 5.32 Å². The first kappa shape index (κ1) is 12.6. The standard InChI is InChI=1S/C12H16FN5/c1-14-8-9-18-16-12(15-17-18)7-6-10-4-2-3-5-11(10)13/h2-5,14H,6-9H2,1H3. The third kappa shape index (κ3) is 3.33. The van der Waals surface area contributed by atoms with Gasteiger partial charge in [-0.25, -0.2) is 4.39 Å². The predicted octanol–water partition coefficient (Wildman–Crippen LogP) is 0.817. The topological polar surface area (TPSA) is 55.6 Å². The monoisotopic (exact) mass is 249 g/mol. The highest BCUT2D eigenvalue weighted by molar-refractivity contribution is 5.17. The van der Waals surface area contributed by atoms with Gasteiger partial charge in [-0.1, -0.05) is 18.2 Å². The Balaban J connectivity index is 1.90. The Morgan fingerprint density at radius 2 is 2.11 bits per heavy atom. The lowest BCUT2D eigenvalue weighted by Crippen LogP contribution is -2.16. The molecule has 0 aliphatic rings. The zero-order valence-electron chi connectivity index (χ0n) is 10.3. The molecule has 0 atom stereocenters. The highest BCUT2D eigenvalue weighted by atomic mass is 19.1. The summed E-state index contributed by atoms with van der Waals surface area (Å²) in [7, 11) is 1.87. The predicted molar refractivity (Wildman–Crippen MR) is 65.6 cm³/mol. The van der Waals surface area contributed by atoms with Crippen molar-refractivity contribution in [2.75, 3.05) is 13.6 Å².